The van der Waals surface area contributed by atoms with Gasteiger partial charge in [-0.2, -0.15) is 0 Å². The van der Waals surface area contributed by atoms with Crippen molar-refractivity contribution in [2.75, 3.05) is 13.1 Å². The highest BCUT2D eigenvalue weighted by molar-refractivity contribution is 6.01. The Hall–Kier alpha value is -3.54. The molecule has 0 spiro atoms. The van der Waals surface area contributed by atoms with Crippen LogP contribution in [0.4, 0.5) is 8.78 Å². The number of benzene rings is 3. The molecule has 3 aromatic carbocycles. The van der Waals surface area contributed by atoms with Crippen molar-refractivity contribution in [2.24, 2.45) is 0 Å². The number of nitrogens with zero attached hydrogens (tertiary/aromatic N) is 1. The van der Waals surface area contributed by atoms with Crippen molar-refractivity contribution in [3.63, 3.8) is 0 Å². The molecule has 1 N–H and O–H groups in total. The van der Waals surface area contributed by atoms with Gasteiger partial charge in [0, 0.05) is 30.3 Å². The lowest BCUT2D eigenvalue weighted by atomic mass is 9.96. The van der Waals surface area contributed by atoms with Crippen LogP contribution in [0.15, 0.2) is 72.8 Å². The Morgan fingerprint density at radius 1 is 0.875 bits per heavy atom. The molecule has 1 aliphatic rings. The minimum atomic E-state index is -0.398. The van der Waals surface area contributed by atoms with E-state index in [1.54, 1.807) is 18.2 Å². The zero-order valence-corrected chi connectivity index (χ0v) is 17.6. The molecule has 6 heteroatoms. The highest BCUT2D eigenvalue weighted by atomic mass is 19.1. The van der Waals surface area contributed by atoms with Crippen LogP contribution >= 0.6 is 0 Å². The van der Waals surface area contributed by atoms with Gasteiger partial charge in [-0.3, -0.25) is 9.59 Å². The number of hydrogen-bond acceptors (Lipinski definition) is 2. The SMILES string of the molecule is O=C(NCC1CCCCN1C(=O)c1ccccc1-c1ccc(F)cc1)c1ccc(F)cc1. The summed E-state index contributed by atoms with van der Waals surface area (Å²) in [5.41, 5.74) is 2.45. The Morgan fingerprint density at radius 2 is 1.53 bits per heavy atom. The van der Waals surface area contributed by atoms with Crippen LogP contribution in [-0.2, 0) is 0 Å². The number of carbonyl (C=O) groups excluding carboxylic acids is 2. The van der Waals surface area contributed by atoms with E-state index in [9.17, 15) is 18.4 Å². The van der Waals surface area contributed by atoms with Gasteiger partial charge in [-0.1, -0.05) is 30.3 Å². The van der Waals surface area contributed by atoms with Gasteiger partial charge < -0.3 is 10.2 Å². The molecule has 4 rings (SSSR count). The number of rotatable bonds is 5. The molecule has 3 aromatic rings. The zero-order chi connectivity index (χ0) is 22.5. The summed E-state index contributed by atoms with van der Waals surface area (Å²) < 4.78 is 26.5. The van der Waals surface area contributed by atoms with Crippen LogP contribution < -0.4 is 5.32 Å². The van der Waals surface area contributed by atoms with Crippen molar-refractivity contribution in [2.45, 2.75) is 25.3 Å². The lowest BCUT2D eigenvalue weighted by molar-refractivity contribution is 0.0603. The van der Waals surface area contributed by atoms with Crippen LogP contribution in [0.5, 0.6) is 0 Å². The van der Waals surface area contributed by atoms with Crippen molar-refractivity contribution in [3.8, 4) is 11.1 Å². The fourth-order valence-electron chi connectivity index (χ4n) is 4.10. The van der Waals surface area contributed by atoms with Gasteiger partial charge in [-0.05, 0) is 72.9 Å². The maximum absolute atomic E-state index is 13.5. The Morgan fingerprint density at radius 3 is 2.25 bits per heavy atom. The van der Waals surface area contributed by atoms with E-state index in [4.69, 9.17) is 0 Å². The lowest BCUT2D eigenvalue weighted by Gasteiger charge is -2.36. The third kappa shape index (κ3) is 4.85. The molecule has 164 valence electrons. The first-order valence-corrected chi connectivity index (χ1v) is 10.7. The summed E-state index contributed by atoms with van der Waals surface area (Å²) in [4.78, 5) is 27.8. The van der Waals surface area contributed by atoms with E-state index in [2.05, 4.69) is 5.32 Å². The van der Waals surface area contributed by atoms with E-state index < -0.39 is 5.82 Å². The number of piperidine rings is 1. The second-order valence-corrected chi connectivity index (χ2v) is 7.92. The van der Waals surface area contributed by atoms with Crippen LogP contribution in [-0.4, -0.2) is 35.8 Å². The van der Waals surface area contributed by atoms with Crippen LogP contribution in [0.1, 0.15) is 40.0 Å². The molecule has 1 atom stereocenters. The number of carbonyl (C=O) groups is 2. The Labute approximate surface area is 185 Å². The molecular formula is C26H24F2N2O2. The second kappa shape index (κ2) is 9.73. The van der Waals surface area contributed by atoms with Crippen molar-refractivity contribution in [3.05, 3.63) is 95.6 Å². The van der Waals surface area contributed by atoms with Gasteiger partial charge in [0.1, 0.15) is 11.6 Å². The fraction of sp³-hybridized carbons (Fsp3) is 0.231. The highest BCUT2D eigenvalue weighted by Crippen LogP contribution is 2.27. The first-order valence-electron chi connectivity index (χ1n) is 10.7. The van der Waals surface area contributed by atoms with Crippen LogP contribution in [0.3, 0.4) is 0 Å². The largest absolute Gasteiger partial charge is 0.350 e. The average molecular weight is 434 g/mol. The topological polar surface area (TPSA) is 49.4 Å². The van der Waals surface area contributed by atoms with E-state index in [-0.39, 0.29) is 23.7 Å². The van der Waals surface area contributed by atoms with Gasteiger partial charge in [-0.15, -0.1) is 0 Å². The first kappa shape index (κ1) is 21.7. The van der Waals surface area contributed by atoms with E-state index in [1.165, 1.54) is 36.4 Å². The Kier molecular flexibility index (Phi) is 6.59. The van der Waals surface area contributed by atoms with Crippen molar-refractivity contribution in [1.29, 1.82) is 0 Å². The van der Waals surface area contributed by atoms with Crippen molar-refractivity contribution in [1.82, 2.24) is 10.2 Å². The summed E-state index contributed by atoms with van der Waals surface area (Å²) in [5.74, 6) is -1.13. The monoisotopic (exact) mass is 434 g/mol. The number of nitrogens with one attached hydrogen (secondary N) is 1. The summed E-state index contributed by atoms with van der Waals surface area (Å²) in [5, 5.41) is 2.88. The predicted octanol–water partition coefficient (Wildman–Crippen LogP) is 5.06. The molecule has 1 heterocycles. The maximum Gasteiger partial charge on any atom is 0.254 e. The molecule has 0 aliphatic carbocycles. The molecule has 1 aliphatic heterocycles. The molecule has 1 unspecified atom stereocenters. The molecule has 0 saturated carbocycles. The van der Waals surface area contributed by atoms with E-state index in [1.807, 2.05) is 23.1 Å². The quantitative estimate of drug-likeness (QED) is 0.611. The highest BCUT2D eigenvalue weighted by Gasteiger charge is 2.29. The molecule has 4 nitrogen and oxygen atoms in total. The molecule has 2 amide bonds. The van der Waals surface area contributed by atoms with Gasteiger partial charge in [-0.25, -0.2) is 8.78 Å². The summed E-state index contributed by atoms with van der Waals surface area (Å²) in [6, 6.07) is 18.6. The maximum atomic E-state index is 13.5. The van der Waals surface area contributed by atoms with Crippen molar-refractivity contribution < 1.29 is 18.4 Å². The number of hydrogen-bond donors (Lipinski definition) is 1. The van der Waals surface area contributed by atoms with Crippen LogP contribution in [0, 0.1) is 11.6 Å². The molecule has 0 aromatic heterocycles. The minimum Gasteiger partial charge on any atom is -0.350 e. The number of amides is 2. The van der Waals surface area contributed by atoms with Crippen LogP contribution in [0.25, 0.3) is 11.1 Å². The minimum absolute atomic E-state index is 0.106. The normalized spacial score (nSPS) is 15.9. The van der Waals surface area contributed by atoms with Gasteiger partial charge in [0.25, 0.3) is 11.8 Å². The number of likely N-dealkylation sites (tertiary alicyclic amines) is 1. The standard InChI is InChI=1S/C26H24F2N2O2/c27-20-12-8-18(9-13-20)23-6-1-2-7-24(23)26(32)30-16-4-3-5-22(30)17-29-25(31)19-10-14-21(28)15-11-19/h1-2,6-15,22H,3-5,16-17H2,(H,29,31). The zero-order valence-electron chi connectivity index (χ0n) is 17.6. The van der Waals surface area contributed by atoms with Crippen LogP contribution in [0.2, 0.25) is 0 Å². The number of halogens is 2. The fourth-order valence-corrected chi connectivity index (χ4v) is 4.10. The van der Waals surface area contributed by atoms with Gasteiger partial charge in [0.2, 0.25) is 0 Å². The first-order chi connectivity index (χ1) is 15.5. The third-order valence-electron chi connectivity index (χ3n) is 5.81. The predicted molar refractivity (Wildman–Crippen MR) is 119 cm³/mol. The van der Waals surface area contributed by atoms with E-state index in [0.717, 1.165) is 30.4 Å². The average Bonchev–Trinajstić information content (AvgIpc) is 2.83. The third-order valence-corrected chi connectivity index (χ3v) is 5.81. The molecule has 1 saturated heterocycles. The van der Waals surface area contributed by atoms with Gasteiger partial charge in [0.15, 0.2) is 0 Å². The van der Waals surface area contributed by atoms with Gasteiger partial charge in [0.05, 0.1) is 0 Å². The summed E-state index contributed by atoms with van der Waals surface area (Å²) >= 11 is 0. The molecule has 0 radical (unpaired) electrons. The Balaban J connectivity index is 1.51. The smallest absolute Gasteiger partial charge is 0.254 e. The van der Waals surface area contributed by atoms with Crippen molar-refractivity contribution >= 4 is 11.8 Å². The summed E-state index contributed by atoms with van der Waals surface area (Å²) in [6.45, 7) is 0.925. The molecule has 0 bridgehead atoms. The lowest BCUT2D eigenvalue weighted by Crippen LogP contribution is -2.49. The molecule has 1 fully saturated rings. The Bertz CT molecular complexity index is 1100. The molecule has 32 heavy (non-hydrogen) atoms. The van der Waals surface area contributed by atoms with Gasteiger partial charge >= 0.3 is 0 Å². The summed E-state index contributed by atoms with van der Waals surface area (Å²) in [7, 11) is 0. The second-order valence-electron chi connectivity index (χ2n) is 7.92. The molecular weight excluding hydrogens is 410 g/mol. The summed E-state index contributed by atoms with van der Waals surface area (Å²) in [6.07, 6.45) is 2.65. The van der Waals surface area contributed by atoms with E-state index in [0.29, 0.717) is 24.2 Å². The van der Waals surface area contributed by atoms with E-state index >= 15 is 0 Å².